The van der Waals surface area contributed by atoms with E-state index in [2.05, 4.69) is 20.7 Å². The summed E-state index contributed by atoms with van der Waals surface area (Å²) >= 11 is 8.91. The van der Waals surface area contributed by atoms with Gasteiger partial charge in [0.05, 0.1) is 27.7 Å². The maximum Gasteiger partial charge on any atom is 0.340 e. The third-order valence-corrected chi connectivity index (χ3v) is 2.97. The number of hydrogen-bond donors (Lipinski definition) is 0. The Kier molecular flexibility index (Phi) is 3.50. The fourth-order valence-electron chi connectivity index (χ4n) is 0.945. The van der Waals surface area contributed by atoms with Gasteiger partial charge in [0.25, 0.3) is 0 Å². The lowest BCUT2D eigenvalue weighted by Gasteiger charge is -2.05. The first kappa shape index (κ1) is 11.0. The predicted octanol–water partition coefficient (Wildman–Crippen LogP) is 2.76. The normalized spacial score (nSPS) is 9.29. The third-order valence-electron chi connectivity index (χ3n) is 1.60. The fraction of sp³-hybridized carbons (Fsp3) is 0.111. The summed E-state index contributed by atoms with van der Waals surface area (Å²) < 4.78 is 4.92. The van der Waals surface area contributed by atoms with Crippen molar-refractivity contribution in [1.82, 2.24) is 0 Å². The number of hydrogen-bond acceptors (Lipinski definition) is 3. The predicted molar refractivity (Wildman–Crippen MR) is 55.2 cm³/mol. The van der Waals surface area contributed by atoms with Crippen molar-refractivity contribution in [3.05, 3.63) is 32.8 Å². The van der Waals surface area contributed by atoms with Gasteiger partial charge in [-0.1, -0.05) is 11.6 Å². The van der Waals surface area contributed by atoms with Gasteiger partial charge in [-0.15, -0.1) is 0 Å². The van der Waals surface area contributed by atoms with Gasteiger partial charge in [-0.2, -0.15) is 5.26 Å². The van der Waals surface area contributed by atoms with E-state index in [9.17, 15) is 4.79 Å². The molecule has 0 fully saturated rings. The Morgan fingerprint density at radius 1 is 1.64 bits per heavy atom. The van der Waals surface area contributed by atoms with Crippen LogP contribution < -0.4 is 0 Å². The van der Waals surface area contributed by atoms with Gasteiger partial charge in [-0.3, -0.25) is 0 Å². The molecule has 0 bridgehead atoms. The highest BCUT2D eigenvalue weighted by molar-refractivity contribution is 9.10. The summed E-state index contributed by atoms with van der Waals surface area (Å²) in [6.45, 7) is 0. The molecule has 14 heavy (non-hydrogen) atoms. The van der Waals surface area contributed by atoms with Gasteiger partial charge in [-0.25, -0.2) is 4.79 Å². The second kappa shape index (κ2) is 4.45. The van der Waals surface area contributed by atoms with Gasteiger partial charge < -0.3 is 4.74 Å². The van der Waals surface area contributed by atoms with Crippen molar-refractivity contribution in [2.24, 2.45) is 0 Å². The quantitative estimate of drug-likeness (QED) is 0.740. The Morgan fingerprint density at radius 2 is 2.29 bits per heavy atom. The molecule has 0 aromatic heterocycles. The number of benzene rings is 1. The molecular weight excluding hydrogens is 269 g/mol. The topological polar surface area (TPSA) is 50.1 Å². The van der Waals surface area contributed by atoms with Gasteiger partial charge in [0.15, 0.2) is 0 Å². The van der Waals surface area contributed by atoms with Crippen molar-refractivity contribution in [2.75, 3.05) is 7.11 Å². The van der Waals surface area contributed by atoms with Gasteiger partial charge in [0.2, 0.25) is 0 Å². The molecule has 0 atom stereocenters. The minimum absolute atomic E-state index is 0.155. The Hall–Kier alpha value is -1.05. The summed E-state index contributed by atoms with van der Waals surface area (Å²) in [4.78, 5) is 11.3. The molecule has 0 radical (unpaired) electrons. The lowest BCUT2D eigenvalue weighted by molar-refractivity contribution is 0.0599. The zero-order valence-corrected chi connectivity index (χ0v) is 9.52. The van der Waals surface area contributed by atoms with E-state index in [1.54, 1.807) is 0 Å². The Bertz CT molecular complexity index is 426. The van der Waals surface area contributed by atoms with Crippen LogP contribution in [0.3, 0.4) is 0 Å². The zero-order valence-electron chi connectivity index (χ0n) is 7.17. The van der Waals surface area contributed by atoms with Crippen LogP contribution >= 0.6 is 27.5 Å². The van der Waals surface area contributed by atoms with Crippen LogP contribution in [0.2, 0.25) is 5.02 Å². The molecule has 0 aliphatic heterocycles. The second-order valence-corrected chi connectivity index (χ2v) is 3.59. The Morgan fingerprint density at radius 3 is 2.79 bits per heavy atom. The minimum atomic E-state index is -0.587. The monoisotopic (exact) mass is 273 g/mol. The van der Waals surface area contributed by atoms with E-state index in [1.807, 2.05) is 6.07 Å². The summed E-state index contributed by atoms with van der Waals surface area (Å²) in [5.41, 5.74) is 0.385. The van der Waals surface area contributed by atoms with Gasteiger partial charge >= 0.3 is 5.97 Å². The molecule has 0 amide bonds. The first-order valence-corrected chi connectivity index (χ1v) is 4.75. The van der Waals surface area contributed by atoms with E-state index in [-0.39, 0.29) is 11.1 Å². The van der Waals surface area contributed by atoms with Crippen LogP contribution in [0.5, 0.6) is 0 Å². The van der Waals surface area contributed by atoms with Gasteiger partial charge in [0.1, 0.15) is 6.07 Å². The molecule has 0 saturated heterocycles. The van der Waals surface area contributed by atoms with Crippen molar-refractivity contribution in [3.8, 4) is 6.07 Å². The molecule has 1 rings (SSSR count). The number of esters is 1. The fourth-order valence-corrected chi connectivity index (χ4v) is 1.61. The maximum atomic E-state index is 11.3. The second-order valence-electron chi connectivity index (χ2n) is 2.39. The molecule has 0 heterocycles. The number of carbonyl (C=O) groups excluding carboxylic acids is 1. The lowest BCUT2D eigenvalue weighted by atomic mass is 10.1. The van der Waals surface area contributed by atoms with Crippen molar-refractivity contribution >= 4 is 33.5 Å². The summed E-state index contributed by atoms with van der Waals surface area (Å²) in [5, 5.41) is 9.12. The molecule has 0 N–H and O–H groups in total. The Balaban J connectivity index is 3.45. The number of carbonyl (C=O) groups is 1. The highest BCUT2D eigenvalue weighted by atomic mass is 79.9. The summed E-state index contributed by atoms with van der Waals surface area (Å²) in [7, 11) is 1.25. The Labute approximate surface area is 94.4 Å². The van der Waals surface area contributed by atoms with Crippen molar-refractivity contribution < 1.29 is 9.53 Å². The molecular formula is C9H5BrClNO2. The number of nitriles is 1. The van der Waals surface area contributed by atoms with E-state index in [1.165, 1.54) is 19.2 Å². The molecule has 0 saturated carbocycles. The van der Waals surface area contributed by atoms with Crippen LogP contribution in [0, 0.1) is 11.3 Å². The van der Waals surface area contributed by atoms with E-state index in [0.717, 1.165) is 0 Å². The maximum absolute atomic E-state index is 11.3. The van der Waals surface area contributed by atoms with E-state index in [4.69, 9.17) is 16.9 Å². The highest BCUT2D eigenvalue weighted by Crippen LogP contribution is 2.29. The van der Waals surface area contributed by atoms with Crippen molar-refractivity contribution in [2.45, 2.75) is 0 Å². The molecule has 0 aliphatic carbocycles. The van der Waals surface area contributed by atoms with Crippen LogP contribution in [-0.2, 0) is 4.74 Å². The zero-order chi connectivity index (χ0) is 10.7. The lowest BCUT2D eigenvalue weighted by Crippen LogP contribution is -2.05. The van der Waals surface area contributed by atoms with Crippen molar-refractivity contribution in [1.29, 1.82) is 5.26 Å². The first-order chi connectivity index (χ1) is 6.61. The minimum Gasteiger partial charge on any atom is -0.465 e. The molecule has 5 heteroatoms. The van der Waals surface area contributed by atoms with Crippen LogP contribution in [0.15, 0.2) is 16.6 Å². The van der Waals surface area contributed by atoms with Crippen LogP contribution in [0.1, 0.15) is 15.9 Å². The third kappa shape index (κ3) is 1.89. The first-order valence-electron chi connectivity index (χ1n) is 3.58. The molecule has 1 aromatic carbocycles. The van der Waals surface area contributed by atoms with Gasteiger partial charge in [-0.05, 0) is 28.1 Å². The van der Waals surface area contributed by atoms with E-state index in [0.29, 0.717) is 9.50 Å². The molecule has 0 aliphatic rings. The summed E-state index contributed by atoms with van der Waals surface area (Å²) in [6.07, 6.45) is 0. The molecule has 72 valence electrons. The molecule has 1 aromatic rings. The number of ether oxygens (including phenoxy) is 1. The molecule has 3 nitrogen and oxygen atoms in total. The average molecular weight is 275 g/mol. The van der Waals surface area contributed by atoms with E-state index < -0.39 is 5.97 Å². The van der Waals surface area contributed by atoms with Crippen LogP contribution in [0.25, 0.3) is 0 Å². The smallest absolute Gasteiger partial charge is 0.340 e. The molecule has 0 spiro atoms. The van der Waals surface area contributed by atoms with Crippen LogP contribution in [0.4, 0.5) is 0 Å². The van der Waals surface area contributed by atoms with Crippen molar-refractivity contribution in [3.63, 3.8) is 0 Å². The average Bonchev–Trinajstić information content (AvgIpc) is 2.20. The highest BCUT2D eigenvalue weighted by Gasteiger charge is 2.17. The standard InChI is InChI=1S/C9H5BrClNO2/c1-14-9(13)7-5(4-12)2-3-6(11)8(7)10/h2-3H,1H3. The number of nitrogens with zero attached hydrogens (tertiary/aromatic N) is 1. The van der Waals surface area contributed by atoms with Gasteiger partial charge in [0, 0.05) is 0 Å². The van der Waals surface area contributed by atoms with E-state index >= 15 is 0 Å². The number of methoxy groups -OCH3 is 1. The summed E-state index contributed by atoms with van der Waals surface area (Å²) in [6, 6.07) is 4.90. The number of rotatable bonds is 1. The number of halogens is 2. The molecule has 0 unspecified atom stereocenters. The largest absolute Gasteiger partial charge is 0.465 e. The van der Waals surface area contributed by atoms with Crippen LogP contribution in [-0.4, -0.2) is 13.1 Å². The SMILES string of the molecule is COC(=O)c1c(C#N)ccc(Cl)c1Br. The summed E-state index contributed by atoms with van der Waals surface area (Å²) in [5.74, 6) is -0.587.